The summed E-state index contributed by atoms with van der Waals surface area (Å²) in [6.45, 7) is 0.573. The standard InChI is InChI=1S/C18H15ClFNO2/c19-16-10-15(11-17(20)12-16)8-4-5-9-21-18(22)23-13-14-6-2-1-3-7-14/h1-3,6-7,10-12H,5,9,13H2,(H,21,22). The number of carbonyl (C=O) groups is 1. The fourth-order valence-electron chi connectivity index (χ4n) is 1.79. The molecule has 0 aromatic heterocycles. The first-order valence-corrected chi connectivity index (χ1v) is 7.41. The van der Waals surface area contributed by atoms with Gasteiger partial charge < -0.3 is 10.1 Å². The van der Waals surface area contributed by atoms with Crippen molar-refractivity contribution in [1.82, 2.24) is 5.32 Å². The van der Waals surface area contributed by atoms with Crippen LogP contribution >= 0.6 is 11.6 Å². The van der Waals surface area contributed by atoms with E-state index in [1.54, 1.807) is 6.07 Å². The second kappa shape index (κ2) is 8.82. The molecule has 0 spiro atoms. The Labute approximate surface area is 139 Å². The first kappa shape index (κ1) is 16.9. The predicted molar refractivity (Wildman–Crippen MR) is 87.5 cm³/mol. The minimum absolute atomic E-state index is 0.222. The number of amides is 1. The molecule has 0 fully saturated rings. The molecule has 2 aromatic carbocycles. The van der Waals surface area contributed by atoms with E-state index in [2.05, 4.69) is 17.2 Å². The Kier molecular flexibility index (Phi) is 6.46. The van der Waals surface area contributed by atoms with Gasteiger partial charge in [-0.15, -0.1) is 0 Å². The van der Waals surface area contributed by atoms with E-state index in [1.807, 2.05) is 30.3 Å². The topological polar surface area (TPSA) is 38.3 Å². The zero-order valence-electron chi connectivity index (χ0n) is 12.3. The van der Waals surface area contributed by atoms with Crippen LogP contribution in [0.1, 0.15) is 17.5 Å². The van der Waals surface area contributed by atoms with E-state index in [-0.39, 0.29) is 6.61 Å². The van der Waals surface area contributed by atoms with Crippen LogP contribution in [0.2, 0.25) is 5.02 Å². The lowest BCUT2D eigenvalue weighted by Crippen LogP contribution is -2.24. The van der Waals surface area contributed by atoms with Crippen molar-refractivity contribution in [1.29, 1.82) is 0 Å². The Morgan fingerprint density at radius 1 is 1.22 bits per heavy atom. The number of ether oxygens (including phenoxy) is 1. The van der Waals surface area contributed by atoms with Crippen molar-refractivity contribution in [3.63, 3.8) is 0 Å². The smallest absolute Gasteiger partial charge is 0.407 e. The van der Waals surface area contributed by atoms with Gasteiger partial charge in [-0.2, -0.15) is 0 Å². The number of nitrogens with one attached hydrogen (secondary N) is 1. The number of alkyl carbamates (subject to hydrolysis) is 1. The first-order valence-electron chi connectivity index (χ1n) is 7.03. The van der Waals surface area contributed by atoms with Gasteiger partial charge in [-0.3, -0.25) is 0 Å². The normalized spacial score (nSPS) is 9.65. The number of rotatable bonds is 4. The van der Waals surface area contributed by atoms with Gasteiger partial charge in [-0.25, -0.2) is 9.18 Å². The van der Waals surface area contributed by atoms with Crippen molar-refractivity contribution in [3.8, 4) is 11.8 Å². The summed E-state index contributed by atoms with van der Waals surface area (Å²) in [5.74, 6) is 5.20. The maximum absolute atomic E-state index is 13.1. The first-order chi connectivity index (χ1) is 11.1. The van der Waals surface area contributed by atoms with E-state index in [9.17, 15) is 9.18 Å². The summed E-state index contributed by atoms with van der Waals surface area (Å²) < 4.78 is 18.2. The molecule has 0 saturated heterocycles. The second-order valence-corrected chi connectivity index (χ2v) is 5.13. The zero-order valence-corrected chi connectivity index (χ0v) is 13.1. The van der Waals surface area contributed by atoms with Gasteiger partial charge in [-0.1, -0.05) is 53.8 Å². The van der Waals surface area contributed by atoms with E-state index in [0.29, 0.717) is 23.6 Å². The predicted octanol–water partition coefficient (Wildman–Crippen LogP) is 4.15. The molecule has 3 nitrogen and oxygen atoms in total. The van der Waals surface area contributed by atoms with Crippen molar-refractivity contribution in [2.75, 3.05) is 6.54 Å². The van der Waals surface area contributed by atoms with Crippen LogP contribution in [0.5, 0.6) is 0 Å². The Hall–Kier alpha value is -2.51. The van der Waals surface area contributed by atoms with Crippen LogP contribution in [0, 0.1) is 17.7 Å². The molecular formula is C18H15ClFNO2. The fourth-order valence-corrected chi connectivity index (χ4v) is 2.01. The molecule has 0 heterocycles. The van der Waals surface area contributed by atoms with Crippen molar-refractivity contribution >= 4 is 17.7 Å². The Bertz CT molecular complexity index is 703. The molecule has 1 N–H and O–H groups in total. The Morgan fingerprint density at radius 3 is 2.74 bits per heavy atom. The lowest BCUT2D eigenvalue weighted by molar-refractivity contribution is 0.140. The maximum atomic E-state index is 13.1. The molecule has 2 rings (SSSR count). The molecule has 2 aromatic rings. The molecule has 1 amide bonds. The van der Waals surface area contributed by atoms with Gasteiger partial charge in [0.05, 0.1) is 0 Å². The highest BCUT2D eigenvalue weighted by molar-refractivity contribution is 6.30. The van der Waals surface area contributed by atoms with E-state index in [1.165, 1.54) is 12.1 Å². The number of carbonyl (C=O) groups excluding carboxylic acids is 1. The zero-order chi connectivity index (χ0) is 16.5. The molecule has 0 radical (unpaired) electrons. The van der Waals surface area contributed by atoms with Gasteiger partial charge in [0.2, 0.25) is 0 Å². The van der Waals surface area contributed by atoms with Gasteiger partial charge in [-0.05, 0) is 23.8 Å². The molecule has 0 bridgehead atoms. The molecule has 23 heavy (non-hydrogen) atoms. The highest BCUT2D eigenvalue weighted by Crippen LogP contribution is 2.13. The third kappa shape index (κ3) is 6.41. The lowest BCUT2D eigenvalue weighted by Gasteiger charge is -2.05. The number of hydrogen-bond acceptors (Lipinski definition) is 2. The average molecular weight is 332 g/mol. The molecule has 0 unspecified atom stereocenters. The van der Waals surface area contributed by atoms with Gasteiger partial charge in [0.1, 0.15) is 12.4 Å². The van der Waals surface area contributed by atoms with Gasteiger partial charge in [0.15, 0.2) is 0 Å². The van der Waals surface area contributed by atoms with Crippen LogP contribution in [0.25, 0.3) is 0 Å². The summed E-state index contributed by atoms with van der Waals surface area (Å²) in [4.78, 5) is 11.5. The highest BCUT2D eigenvalue weighted by Gasteiger charge is 2.00. The van der Waals surface area contributed by atoms with E-state index >= 15 is 0 Å². The molecular weight excluding hydrogens is 317 g/mol. The third-order valence-corrected chi connectivity index (χ3v) is 3.05. The van der Waals surface area contributed by atoms with Gasteiger partial charge in [0, 0.05) is 23.6 Å². The highest BCUT2D eigenvalue weighted by atomic mass is 35.5. The van der Waals surface area contributed by atoms with Crippen LogP contribution < -0.4 is 5.32 Å². The number of halogens is 2. The Morgan fingerprint density at radius 2 is 2.00 bits per heavy atom. The summed E-state index contributed by atoms with van der Waals surface area (Å²) in [5, 5.41) is 2.90. The van der Waals surface area contributed by atoms with Crippen molar-refractivity contribution < 1.29 is 13.9 Å². The Balaban J connectivity index is 1.69. The maximum Gasteiger partial charge on any atom is 0.407 e. The van der Waals surface area contributed by atoms with Crippen molar-refractivity contribution in [2.24, 2.45) is 0 Å². The monoisotopic (exact) mass is 331 g/mol. The largest absolute Gasteiger partial charge is 0.445 e. The lowest BCUT2D eigenvalue weighted by atomic mass is 10.2. The quantitative estimate of drug-likeness (QED) is 0.675. The van der Waals surface area contributed by atoms with E-state index < -0.39 is 11.9 Å². The van der Waals surface area contributed by atoms with Crippen LogP contribution in [-0.4, -0.2) is 12.6 Å². The SMILES string of the molecule is O=C(NCCC#Cc1cc(F)cc(Cl)c1)OCc1ccccc1. The molecule has 0 aliphatic heterocycles. The summed E-state index contributed by atoms with van der Waals surface area (Å²) >= 11 is 5.74. The van der Waals surface area contributed by atoms with E-state index in [4.69, 9.17) is 16.3 Å². The van der Waals surface area contributed by atoms with Crippen molar-refractivity contribution in [2.45, 2.75) is 13.0 Å². The summed E-state index contributed by atoms with van der Waals surface area (Å²) in [6.07, 6.45) is -0.0707. The summed E-state index contributed by atoms with van der Waals surface area (Å²) in [7, 11) is 0. The molecule has 0 atom stereocenters. The van der Waals surface area contributed by atoms with Crippen molar-refractivity contribution in [3.05, 3.63) is 70.5 Å². The number of hydrogen-bond donors (Lipinski definition) is 1. The fraction of sp³-hybridized carbons (Fsp3) is 0.167. The van der Waals surface area contributed by atoms with Gasteiger partial charge >= 0.3 is 6.09 Å². The summed E-state index contributed by atoms with van der Waals surface area (Å²) in [5.41, 5.74) is 1.42. The third-order valence-electron chi connectivity index (χ3n) is 2.83. The minimum Gasteiger partial charge on any atom is -0.445 e. The van der Waals surface area contributed by atoms with Crippen LogP contribution in [-0.2, 0) is 11.3 Å². The van der Waals surface area contributed by atoms with Gasteiger partial charge in [0.25, 0.3) is 0 Å². The minimum atomic E-state index is -0.496. The molecule has 118 valence electrons. The van der Waals surface area contributed by atoms with Crippen LogP contribution in [0.3, 0.4) is 0 Å². The average Bonchev–Trinajstić information content (AvgIpc) is 2.53. The number of benzene rings is 2. The molecule has 0 aliphatic carbocycles. The summed E-state index contributed by atoms with van der Waals surface area (Å²) in [6, 6.07) is 13.5. The molecule has 0 aliphatic rings. The molecule has 0 saturated carbocycles. The van der Waals surface area contributed by atoms with Crippen LogP contribution in [0.4, 0.5) is 9.18 Å². The molecule has 5 heteroatoms. The van der Waals surface area contributed by atoms with E-state index in [0.717, 1.165) is 5.56 Å². The van der Waals surface area contributed by atoms with Crippen LogP contribution in [0.15, 0.2) is 48.5 Å². The second-order valence-electron chi connectivity index (χ2n) is 4.70.